The van der Waals surface area contributed by atoms with Gasteiger partial charge in [-0.1, -0.05) is 6.07 Å². The van der Waals surface area contributed by atoms with Crippen LogP contribution in [0.25, 0.3) is 0 Å². The third-order valence-corrected chi connectivity index (χ3v) is 5.80. The van der Waals surface area contributed by atoms with Crippen LogP contribution in [0.3, 0.4) is 0 Å². The zero-order valence-electron chi connectivity index (χ0n) is 15.4. The number of hydrogen-bond acceptors (Lipinski definition) is 5. The maximum absolute atomic E-state index is 12.9. The van der Waals surface area contributed by atoms with Crippen LogP contribution in [0.2, 0.25) is 0 Å². The third-order valence-electron chi connectivity index (χ3n) is 4.33. The summed E-state index contributed by atoms with van der Waals surface area (Å²) in [4.78, 5) is 23.0. The maximum atomic E-state index is 12.9. The molecule has 0 bridgehead atoms. The average molecular weight is 437 g/mol. The van der Waals surface area contributed by atoms with E-state index in [0.717, 1.165) is 18.2 Å². The number of carbonyl (C=O) groups excluding carboxylic acids is 2. The van der Waals surface area contributed by atoms with Crippen molar-refractivity contribution in [2.24, 2.45) is 5.73 Å². The van der Waals surface area contributed by atoms with Crippen LogP contribution in [-0.2, 0) is 30.5 Å². The summed E-state index contributed by atoms with van der Waals surface area (Å²) in [5.41, 5.74) is 3.94. The zero-order valence-corrected chi connectivity index (χ0v) is 16.2. The van der Waals surface area contributed by atoms with E-state index in [4.69, 9.17) is 10.5 Å². The molecule has 0 unspecified atom stereocenters. The van der Waals surface area contributed by atoms with Gasteiger partial charge in [-0.3, -0.25) is 9.59 Å². The van der Waals surface area contributed by atoms with E-state index in [1.807, 2.05) is 0 Å². The lowest BCUT2D eigenvalue weighted by atomic mass is 10.1. The topological polar surface area (TPSA) is 128 Å². The minimum atomic E-state index is -4.72. The number of nitrogens with one attached hydrogen (secondary N) is 2. The Labute approximate surface area is 166 Å². The summed E-state index contributed by atoms with van der Waals surface area (Å²) in [7, 11) is -4.46. The molecule has 8 nitrogen and oxygen atoms in total. The van der Waals surface area contributed by atoms with E-state index in [1.165, 1.54) is 0 Å². The standard InChI is InChI=1S/C17H22F3N3O5S/c18-17(19,20)11-2-1-3-13(10-11)29(26,27)23-14(4-5-15(21)24)16(25)22-12-6-8-28-9-7-12/h1-3,10,12,14,23H,4-9H2,(H2,21,24)(H,22,25)/t14-/m0/s1. The van der Waals surface area contributed by atoms with Crippen LogP contribution in [0.4, 0.5) is 13.2 Å². The summed E-state index contributed by atoms with van der Waals surface area (Å²) in [6.07, 6.45) is -4.17. The van der Waals surface area contributed by atoms with Gasteiger partial charge in [0.1, 0.15) is 6.04 Å². The third kappa shape index (κ3) is 6.98. The van der Waals surface area contributed by atoms with Crippen molar-refractivity contribution in [3.63, 3.8) is 0 Å². The highest BCUT2D eigenvalue weighted by Gasteiger charge is 2.33. The Morgan fingerprint density at radius 2 is 1.90 bits per heavy atom. The molecule has 162 valence electrons. The van der Waals surface area contributed by atoms with Crippen LogP contribution in [0.15, 0.2) is 29.2 Å². The number of amides is 2. The highest BCUT2D eigenvalue weighted by Crippen LogP contribution is 2.30. The fourth-order valence-corrected chi connectivity index (χ4v) is 4.04. The second-order valence-corrected chi connectivity index (χ2v) is 8.31. The van der Waals surface area contributed by atoms with Gasteiger partial charge in [-0.05, 0) is 37.5 Å². The fourth-order valence-electron chi connectivity index (χ4n) is 2.77. The quantitative estimate of drug-likeness (QED) is 0.557. The number of hydrogen-bond donors (Lipinski definition) is 3. The Morgan fingerprint density at radius 1 is 1.24 bits per heavy atom. The molecule has 1 aliphatic heterocycles. The van der Waals surface area contributed by atoms with Gasteiger partial charge in [0.15, 0.2) is 0 Å². The predicted octanol–water partition coefficient (Wildman–Crippen LogP) is 0.913. The zero-order chi connectivity index (χ0) is 21.7. The highest BCUT2D eigenvalue weighted by molar-refractivity contribution is 7.89. The van der Waals surface area contributed by atoms with Crippen molar-refractivity contribution in [1.29, 1.82) is 0 Å². The summed E-state index contributed by atoms with van der Waals surface area (Å²) in [6.45, 7) is 0.875. The number of primary amides is 1. The van der Waals surface area contributed by atoms with Gasteiger partial charge in [-0.15, -0.1) is 0 Å². The van der Waals surface area contributed by atoms with Crippen molar-refractivity contribution < 1.29 is 35.9 Å². The van der Waals surface area contributed by atoms with Crippen molar-refractivity contribution in [3.8, 4) is 0 Å². The van der Waals surface area contributed by atoms with E-state index in [-0.39, 0.29) is 18.9 Å². The SMILES string of the molecule is NC(=O)CC[C@H](NS(=O)(=O)c1cccc(C(F)(F)F)c1)C(=O)NC1CCOCC1. The molecule has 0 aliphatic carbocycles. The number of rotatable bonds is 8. The van der Waals surface area contributed by atoms with Crippen LogP contribution in [-0.4, -0.2) is 45.5 Å². The molecule has 0 radical (unpaired) electrons. The number of sulfonamides is 1. The van der Waals surface area contributed by atoms with E-state index in [2.05, 4.69) is 10.0 Å². The molecule has 12 heteroatoms. The lowest BCUT2D eigenvalue weighted by Gasteiger charge is -2.26. The van der Waals surface area contributed by atoms with Gasteiger partial charge in [0, 0.05) is 25.7 Å². The van der Waals surface area contributed by atoms with Gasteiger partial charge < -0.3 is 15.8 Å². The molecule has 1 atom stereocenters. The molecule has 1 saturated heterocycles. The molecular formula is C17H22F3N3O5S. The van der Waals surface area contributed by atoms with E-state index in [0.29, 0.717) is 32.1 Å². The first-order valence-corrected chi connectivity index (χ1v) is 10.3. The Hall–Kier alpha value is -2.18. The predicted molar refractivity (Wildman–Crippen MR) is 96.0 cm³/mol. The maximum Gasteiger partial charge on any atom is 0.416 e. The van der Waals surface area contributed by atoms with E-state index < -0.39 is 44.5 Å². The number of halogens is 3. The fraction of sp³-hybridized carbons (Fsp3) is 0.529. The van der Waals surface area contributed by atoms with Crippen LogP contribution >= 0.6 is 0 Å². The molecule has 4 N–H and O–H groups in total. The molecule has 1 heterocycles. The summed E-state index contributed by atoms with van der Waals surface area (Å²) in [5.74, 6) is -1.43. The molecule has 1 aromatic rings. The Balaban J connectivity index is 2.19. The molecule has 2 amide bonds. The average Bonchev–Trinajstić information content (AvgIpc) is 2.65. The second-order valence-electron chi connectivity index (χ2n) is 6.60. The van der Waals surface area contributed by atoms with Gasteiger partial charge in [0.25, 0.3) is 0 Å². The minimum Gasteiger partial charge on any atom is -0.381 e. The largest absolute Gasteiger partial charge is 0.416 e. The van der Waals surface area contributed by atoms with E-state index >= 15 is 0 Å². The number of benzene rings is 1. The Morgan fingerprint density at radius 3 is 2.48 bits per heavy atom. The molecule has 0 spiro atoms. The molecule has 29 heavy (non-hydrogen) atoms. The normalized spacial score (nSPS) is 16.9. The molecule has 2 rings (SSSR count). The number of nitrogens with two attached hydrogens (primary N) is 1. The number of alkyl halides is 3. The van der Waals surface area contributed by atoms with Gasteiger partial charge in [-0.25, -0.2) is 8.42 Å². The summed E-state index contributed by atoms with van der Waals surface area (Å²) in [6, 6.07) is 1.55. The smallest absolute Gasteiger partial charge is 0.381 e. The van der Waals surface area contributed by atoms with Crippen molar-refractivity contribution >= 4 is 21.8 Å². The lowest BCUT2D eigenvalue weighted by Crippen LogP contribution is -2.50. The number of ether oxygens (including phenoxy) is 1. The highest BCUT2D eigenvalue weighted by atomic mass is 32.2. The first-order chi connectivity index (χ1) is 13.5. The first-order valence-electron chi connectivity index (χ1n) is 8.85. The lowest BCUT2D eigenvalue weighted by molar-refractivity contribution is -0.137. The van der Waals surface area contributed by atoms with Crippen molar-refractivity contribution in [1.82, 2.24) is 10.0 Å². The van der Waals surface area contributed by atoms with Crippen LogP contribution in [0, 0.1) is 0 Å². The van der Waals surface area contributed by atoms with E-state index in [1.54, 1.807) is 0 Å². The molecule has 0 aromatic heterocycles. The van der Waals surface area contributed by atoms with Crippen LogP contribution in [0.5, 0.6) is 0 Å². The van der Waals surface area contributed by atoms with Gasteiger partial charge >= 0.3 is 6.18 Å². The van der Waals surface area contributed by atoms with Crippen molar-refractivity contribution in [2.75, 3.05) is 13.2 Å². The molecular weight excluding hydrogens is 415 g/mol. The first kappa shape index (κ1) is 23.1. The van der Waals surface area contributed by atoms with Gasteiger partial charge in [0.2, 0.25) is 21.8 Å². The Bertz CT molecular complexity index is 839. The summed E-state index contributed by atoms with van der Waals surface area (Å²) < 4.78 is 71.0. The van der Waals surface area contributed by atoms with Crippen molar-refractivity contribution in [3.05, 3.63) is 29.8 Å². The molecule has 1 fully saturated rings. The van der Waals surface area contributed by atoms with E-state index in [9.17, 15) is 31.2 Å². The van der Waals surface area contributed by atoms with Gasteiger partial charge in [-0.2, -0.15) is 17.9 Å². The van der Waals surface area contributed by atoms with Crippen LogP contribution in [0.1, 0.15) is 31.2 Å². The molecule has 1 aliphatic rings. The second kappa shape index (κ2) is 9.55. The number of carbonyl (C=O) groups is 2. The molecule has 1 aromatic carbocycles. The summed E-state index contributed by atoms with van der Waals surface area (Å²) >= 11 is 0. The molecule has 0 saturated carbocycles. The minimum absolute atomic E-state index is 0.231. The Kier molecular flexibility index (Phi) is 7.60. The van der Waals surface area contributed by atoms with Crippen LogP contribution < -0.4 is 15.8 Å². The monoisotopic (exact) mass is 437 g/mol. The van der Waals surface area contributed by atoms with Gasteiger partial charge in [0.05, 0.1) is 10.5 Å². The summed E-state index contributed by atoms with van der Waals surface area (Å²) in [5, 5.41) is 2.67. The van der Waals surface area contributed by atoms with Crippen molar-refractivity contribution in [2.45, 2.75) is 48.8 Å².